The van der Waals surface area contributed by atoms with Gasteiger partial charge in [0.2, 0.25) is 0 Å². The molecule has 3 heterocycles. The molecule has 0 bridgehead atoms. The van der Waals surface area contributed by atoms with Gasteiger partial charge in [-0.1, -0.05) is 0 Å². The van der Waals surface area contributed by atoms with Gasteiger partial charge in [-0.3, -0.25) is 9.59 Å². The number of amides is 1. The molecule has 1 amide bonds. The summed E-state index contributed by atoms with van der Waals surface area (Å²) in [7, 11) is 1.49. The normalized spacial score (nSPS) is 17.3. The summed E-state index contributed by atoms with van der Waals surface area (Å²) >= 11 is 0. The second-order valence-electron chi connectivity index (χ2n) is 5.39. The second-order valence-corrected chi connectivity index (χ2v) is 5.39. The van der Waals surface area contributed by atoms with Crippen LogP contribution in [0.3, 0.4) is 0 Å². The number of aryl methyl sites for hydroxylation is 1. The largest absolute Gasteiger partial charge is 0.352 e. The molecule has 0 radical (unpaired) electrons. The van der Waals surface area contributed by atoms with E-state index in [1.165, 1.54) is 25.2 Å². The Morgan fingerprint density at radius 2 is 2.22 bits per heavy atom. The van der Waals surface area contributed by atoms with Gasteiger partial charge >= 0.3 is 0 Å². The van der Waals surface area contributed by atoms with E-state index in [-0.39, 0.29) is 29.0 Å². The summed E-state index contributed by atoms with van der Waals surface area (Å²) < 4.78 is 14.9. The van der Waals surface area contributed by atoms with E-state index in [0.29, 0.717) is 25.3 Å². The molecule has 23 heavy (non-hydrogen) atoms. The minimum absolute atomic E-state index is 0.122. The van der Waals surface area contributed by atoms with Crippen molar-refractivity contribution in [3.05, 3.63) is 52.3 Å². The zero-order chi connectivity index (χ0) is 16.4. The number of rotatable bonds is 3. The molecular formula is C15H16FN5O2. The molecule has 0 aromatic carbocycles. The molecule has 1 saturated heterocycles. The van der Waals surface area contributed by atoms with Crippen LogP contribution in [0.15, 0.2) is 35.3 Å². The van der Waals surface area contributed by atoms with Crippen LogP contribution in [0.2, 0.25) is 0 Å². The van der Waals surface area contributed by atoms with E-state index in [2.05, 4.69) is 15.4 Å². The molecule has 1 aliphatic heterocycles. The first-order valence-corrected chi connectivity index (χ1v) is 7.25. The molecule has 1 fully saturated rings. The first-order chi connectivity index (χ1) is 11.0. The van der Waals surface area contributed by atoms with E-state index < -0.39 is 0 Å². The van der Waals surface area contributed by atoms with E-state index >= 15 is 0 Å². The van der Waals surface area contributed by atoms with Crippen LogP contribution >= 0.6 is 0 Å². The van der Waals surface area contributed by atoms with Crippen LogP contribution in [0.5, 0.6) is 0 Å². The number of hydrogen-bond donors (Lipinski definition) is 1. The van der Waals surface area contributed by atoms with Crippen molar-refractivity contribution in [3.63, 3.8) is 0 Å². The quantitative estimate of drug-likeness (QED) is 0.882. The van der Waals surface area contributed by atoms with Crippen molar-refractivity contribution in [1.29, 1.82) is 0 Å². The minimum atomic E-state index is -0.376. The van der Waals surface area contributed by atoms with E-state index in [4.69, 9.17) is 0 Å². The summed E-state index contributed by atoms with van der Waals surface area (Å²) in [5.74, 6) is -0.433. The SMILES string of the molecule is Cn1nc(C(=O)NC2CCN(c3ncccc3F)C2)ccc1=O. The predicted octanol–water partition coefficient (Wildman–Crippen LogP) is 0.323. The van der Waals surface area contributed by atoms with Crippen molar-refractivity contribution in [1.82, 2.24) is 20.1 Å². The Morgan fingerprint density at radius 3 is 2.96 bits per heavy atom. The number of nitrogens with one attached hydrogen (secondary N) is 1. The molecule has 1 unspecified atom stereocenters. The molecule has 2 aromatic rings. The van der Waals surface area contributed by atoms with Gasteiger partial charge in [-0.05, 0) is 24.6 Å². The van der Waals surface area contributed by atoms with Gasteiger partial charge in [0.05, 0.1) is 0 Å². The second kappa shape index (κ2) is 6.15. The third-order valence-corrected chi connectivity index (χ3v) is 3.76. The highest BCUT2D eigenvalue weighted by atomic mass is 19.1. The minimum Gasteiger partial charge on any atom is -0.352 e. The Hall–Kier alpha value is -2.77. The lowest BCUT2D eigenvalue weighted by atomic mass is 10.2. The standard InChI is InChI=1S/C15H16FN5O2/c1-20-13(22)5-4-12(19-20)15(23)18-10-6-8-21(9-10)14-11(16)3-2-7-17-14/h2-5,7,10H,6,8-9H2,1H3,(H,18,23). The maximum atomic E-state index is 13.7. The fourth-order valence-electron chi connectivity index (χ4n) is 2.56. The maximum Gasteiger partial charge on any atom is 0.272 e. The summed E-state index contributed by atoms with van der Waals surface area (Å²) in [6.45, 7) is 1.09. The zero-order valence-electron chi connectivity index (χ0n) is 12.6. The van der Waals surface area contributed by atoms with Crippen LogP contribution < -0.4 is 15.8 Å². The Morgan fingerprint density at radius 1 is 1.39 bits per heavy atom. The summed E-state index contributed by atoms with van der Waals surface area (Å²) in [5.41, 5.74) is -0.103. The van der Waals surface area contributed by atoms with Crippen molar-refractivity contribution in [2.75, 3.05) is 18.0 Å². The lowest BCUT2D eigenvalue weighted by Crippen LogP contribution is -2.38. The van der Waals surface area contributed by atoms with E-state index in [0.717, 1.165) is 4.68 Å². The van der Waals surface area contributed by atoms with Gasteiger partial charge in [0, 0.05) is 38.4 Å². The number of carbonyl (C=O) groups excluding carboxylic acids is 1. The number of halogens is 1. The Kier molecular flexibility index (Phi) is 4.05. The predicted molar refractivity (Wildman–Crippen MR) is 81.8 cm³/mol. The van der Waals surface area contributed by atoms with E-state index in [9.17, 15) is 14.0 Å². The van der Waals surface area contributed by atoms with Gasteiger partial charge in [-0.2, -0.15) is 5.10 Å². The molecule has 8 heteroatoms. The number of carbonyl (C=O) groups is 1. The summed E-state index contributed by atoms with van der Waals surface area (Å²) in [5, 5.41) is 6.76. The fraction of sp³-hybridized carbons (Fsp3) is 0.333. The van der Waals surface area contributed by atoms with Crippen LogP contribution in [0.4, 0.5) is 10.2 Å². The highest BCUT2D eigenvalue weighted by Gasteiger charge is 2.27. The highest BCUT2D eigenvalue weighted by Crippen LogP contribution is 2.20. The molecular weight excluding hydrogens is 301 g/mol. The Labute approximate surface area is 131 Å². The topological polar surface area (TPSA) is 80.1 Å². The number of aromatic nitrogens is 3. The van der Waals surface area contributed by atoms with Gasteiger partial charge in [0.1, 0.15) is 5.69 Å². The molecule has 120 valence electrons. The van der Waals surface area contributed by atoms with Crippen LogP contribution in [-0.2, 0) is 7.05 Å². The lowest BCUT2D eigenvalue weighted by molar-refractivity contribution is 0.0933. The van der Waals surface area contributed by atoms with Crippen LogP contribution in [-0.4, -0.2) is 39.8 Å². The van der Waals surface area contributed by atoms with Crippen LogP contribution in [0.1, 0.15) is 16.9 Å². The van der Waals surface area contributed by atoms with Crippen LogP contribution in [0, 0.1) is 5.82 Å². The third kappa shape index (κ3) is 3.20. The number of anilines is 1. The fourth-order valence-corrected chi connectivity index (χ4v) is 2.56. The molecule has 0 spiro atoms. The van der Waals surface area contributed by atoms with E-state index in [1.54, 1.807) is 17.2 Å². The summed E-state index contributed by atoms with van der Waals surface area (Å²) in [4.78, 5) is 29.3. The van der Waals surface area contributed by atoms with Gasteiger partial charge < -0.3 is 10.2 Å². The lowest BCUT2D eigenvalue weighted by Gasteiger charge is -2.18. The van der Waals surface area contributed by atoms with Crippen molar-refractivity contribution < 1.29 is 9.18 Å². The molecule has 0 aliphatic carbocycles. The molecule has 7 nitrogen and oxygen atoms in total. The van der Waals surface area contributed by atoms with Crippen LogP contribution in [0.25, 0.3) is 0 Å². The first kappa shape index (κ1) is 15.1. The molecule has 1 N–H and O–H groups in total. The van der Waals surface area contributed by atoms with E-state index in [1.807, 2.05) is 0 Å². The third-order valence-electron chi connectivity index (χ3n) is 3.76. The first-order valence-electron chi connectivity index (χ1n) is 7.25. The highest BCUT2D eigenvalue weighted by molar-refractivity contribution is 5.92. The summed E-state index contributed by atoms with van der Waals surface area (Å²) in [6.07, 6.45) is 2.23. The zero-order valence-corrected chi connectivity index (χ0v) is 12.6. The summed E-state index contributed by atoms with van der Waals surface area (Å²) in [6, 6.07) is 5.47. The van der Waals surface area contributed by atoms with Crippen molar-refractivity contribution >= 4 is 11.7 Å². The van der Waals surface area contributed by atoms with Gasteiger partial charge in [0.25, 0.3) is 11.5 Å². The molecule has 3 rings (SSSR count). The average Bonchev–Trinajstić information content (AvgIpc) is 2.98. The number of pyridine rings is 1. The maximum absolute atomic E-state index is 13.7. The number of nitrogens with zero attached hydrogens (tertiary/aromatic N) is 4. The average molecular weight is 317 g/mol. The Balaban J connectivity index is 1.66. The van der Waals surface area contributed by atoms with Crippen molar-refractivity contribution in [3.8, 4) is 0 Å². The van der Waals surface area contributed by atoms with Crippen molar-refractivity contribution in [2.45, 2.75) is 12.5 Å². The van der Waals surface area contributed by atoms with Crippen molar-refractivity contribution in [2.24, 2.45) is 7.05 Å². The Bertz CT molecular complexity index is 791. The molecule has 0 saturated carbocycles. The number of hydrogen-bond acceptors (Lipinski definition) is 5. The molecule has 1 aliphatic rings. The van der Waals surface area contributed by atoms with Gasteiger partial charge in [-0.25, -0.2) is 14.1 Å². The monoisotopic (exact) mass is 317 g/mol. The van der Waals surface area contributed by atoms with Gasteiger partial charge in [-0.15, -0.1) is 0 Å². The molecule has 1 atom stereocenters. The molecule has 2 aromatic heterocycles. The van der Waals surface area contributed by atoms with Gasteiger partial charge in [0.15, 0.2) is 11.6 Å². The smallest absolute Gasteiger partial charge is 0.272 e.